The standard InChI is InChI=1S/C14H20N4O3/c1-18-11(9-16-17-18)8-15-7-10-5-12(19-2)14(21-4)13(6-10)20-3/h5-6,9,15H,7-8H2,1-4H3. The molecule has 21 heavy (non-hydrogen) atoms. The number of aryl methyl sites for hydroxylation is 1. The molecule has 0 radical (unpaired) electrons. The van der Waals surface area contributed by atoms with Crippen molar-refractivity contribution in [3.05, 3.63) is 29.6 Å². The second kappa shape index (κ2) is 6.94. The summed E-state index contributed by atoms with van der Waals surface area (Å²) in [5, 5.41) is 11.1. The molecule has 114 valence electrons. The van der Waals surface area contributed by atoms with Crippen molar-refractivity contribution >= 4 is 0 Å². The number of ether oxygens (including phenoxy) is 3. The molecule has 0 amide bonds. The summed E-state index contributed by atoms with van der Waals surface area (Å²) in [7, 11) is 6.67. The lowest BCUT2D eigenvalue weighted by atomic mass is 10.1. The lowest BCUT2D eigenvalue weighted by Gasteiger charge is -2.14. The van der Waals surface area contributed by atoms with Gasteiger partial charge in [-0.25, -0.2) is 0 Å². The number of hydrogen-bond donors (Lipinski definition) is 1. The molecule has 0 aliphatic heterocycles. The largest absolute Gasteiger partial charge is 0.493 e. The summed E-state index contributed by atoms with van der Waals surface area (Å²) in [4.78, 5) is 0. The van der Waals surface area contributed by atoms with Crippen molar-refractivity contribution in [1.82, 2.24) is 20.3 Å². The average Bonchev–Trinajstić information content (AvgIpc) is 2.91. The molecule has 0 aliphatic rings. The van der Waals surface area contributed by atoms with Gasteiger partial charge in [0.2, 0.25) is 5.75 Å². The normalized spacial score (nSPS) is 10.5. The van der Waals surface area contributed by atoms with Crippen LogP contribution in [-0.2, 0) is 20.1 Å². The van der Waals surface area contributed by atoms with Gasteiger partial charge in [0.15, 0.2) is 11.5 Å². The number of nitrogens with one attached hydrogen (secondary N) is 1. The molecule has 1 heterocycles. The van der Waals surface area contributed by atoms with Gasteiger partial charge in [-0.15, -0.1) is 5.10 Å². The van der Waals surface area contributed by atoms with E-state index in [9.17, 15) is 0 Å². The molecule has 0 bridgehead atoms. The fourth-order valence-corrected chi connectivity index (χ4v) is 2.04. The van der Waals surface area contributed by atoms with E-state index in [0.29, 0.717) is 30.3 Å². The van der Waals surface area contributed by atoms with E-state index in [4.69, 9.17) is 14.2 Å². The molecule has 0 spiro atoms. The van der Waals surface area contributed by atoms with Crippen LogP contribution in [0.15, 0.2) is 18.3 Å². The molecular formula is C14H20N4O3. The van der Waals surface area contributed by atoms with Crippen LogP contribution in [0.25, 0.3) is 0 Å². The lowest BCUT2D eigenvalue weighted by molar-refractivity contribution is 0.323. The van der Waals surface area contributed by atoms with Crippen LogP contribution in [0.1, 0.15) is 11.3 Å². The summed E-state index contributed by atoms with van der Waals surface area (Å²) in [5.41, 5.74) is 2.06. The predicted molar refractivity (Wildman–Crippen MR) is 77.6 cm³/mol. The van der Waals surface area contributed by atoms with Gasteiger partial charge in [-0.1, -0.05) is 5.21 Å². The third-order valence-electron chi connectivity index (χ3n) is 3.17. The molecule has 0 unspecified atom stereocenters. The van der Waals surface area contributed by atoms with Crippen LogP contribution in [0.4, 0.5) is 0 Å². The highest BCUT2D eigenvalue weighted by Crippen LogP contribution is 2.38. The van der Waals surface area contributed by atoms with E-state index >= 15 is 0 Å². The zero-order valence-electron chi connectivity index (χ0n) is 12.7. The Kier molecular flexibility index (Phi) is 4.99. The monoisotopic (exact) mass is 292 g/mol. The van der Waals surface area contributed by atoms with E-state index in [1.165, 1.54) is 0 Å². The van der Waals surface area contributed by atoms with Crippen LogP contribution in [-0.4, -0.2) is 36.3 Å². The smallest absolute Gasteiger partial charge is 0.203 e. The van der Waals surface area contributed by atoms with E-state index < -0.39 is 0 Å². The number of methoxy groups -OCH3 is 3. The van der Waals surface area contributed by atoms with Gasteiger partial charge in [0.1, 0.15) is 0 Å². The van der Waals surface area contributed by atoms with Crippen LogP contribution in [0, 0.1) is 0 Å². The molecule has 0 atom stereocenters. The van der Waals surface area contributed by atoms with Gasteiger partial charge >= 0.3 is 0 Å². The molecule has 1 aromatic carbocycles. The zero-order valence-corrected chi connectivity index (χ0v) is 12.7. The molecule has 0 fully saturated rings. The second-order valence-electron chi connectivity index (χ2n) is 4.49. The van der Waals surface area contributed by atoms with Crippen LogP contribution in [0.3, 0.4) is 0 Å². The van der Waals surface area contributed by atoms with Gasteiger partial charge in [-0.2, -0.15) is 0 Å². The maximum atomic E-state index is 5.33. The van der Waals surface area contributed by atoms with E-state index in [0.717, 1.165) is 11.3 Å². The Bertz CT molecular complexity index is 573. The van der Waals surface area contributed by atoms with Crippen LogP contribution in [0.2, 0.25) is 0 Å². The fraction of sp³-hybridized carbons (Fsp3) is 0.429. The average molecular weight is 292 g/mol. The fourth-order valence-electron chi connectivity index (χ4n) is 2.04. The highest BCUT2D eigenvalue weighted by atomic mass is 16.5. The summed E-state index contributed by atoms with van der Waals surface area (Å²) >= 11 is 0. The summed E-state index contributed by atoms with van der Waals surface area (Å²) in [6.07, 6.45) is 1.74. The molecule has 2 aromatic rings. The molecule has 7 heteroatoms. The third kappa shape index (κ3) is 3.43. The van der Waals surface area contributed by atoms with Crippen molar-refractivity contribution in [2.45, 2.75) is 13.1 Å². The first-order valence-electron chi connectivity index (χ1n) is 6.52. The first-order valence-corrected chi connectivity index (χ1v) is 6.52. The number of hydrogen-bond acceptors (Lipinski definition) is 6. The highest BCUT2D eigenvalue weighted by Gasteiger charge is 2.13. The molecule has 7 nitrogen and oxygen atoms in total. The third-order valence-corrected chi connectivity index (χ3v) is 3.17. The number of rotatable bonds is 7. The Hall–Kier alpha value is -2.28. The summed E-state index contributed by atoms with van der Waals surface area (Å²) in [6.45, 7) is 1.35. The van der Waals surface area contributed by atoms with Gasteiger partial charge in [-0.05, 0) is 17.7 Å². The first kappa shape index (κ1) is 15.1. The molecule has 1 N–H and O–H groups in total. The van der Waals surface area contributed by atoms with E-state index in [1.54, 1.807) is 32.2 Å². The Morgan fingerprint density at radius 1 is 1.05 bits per heavy atom. The summed E-state index contributed by atoms with van der Waals surface area (Å²) in [6, 6.07) is 3.85. The van der Waals surface area contributed by atoms with Crippen LogP contribution >= 0.6 is 0 Å². The van der Waals surface area contributed by atoms with E-state index in [1.807, 2.05) is 19.2 Å². The lowest BCUT2D eigenvalue weighted by Crippen LogP contribution is -2.15. The molecular weight excluding hydrogens is 272 g/mol. The Morgan fingerprint density at radius 3 is 2.19 bits per heavy atom. The topological polar surface area (TPSA) is 70.4 Å². The maximum absolute atomic E-state index is 5.33. The SMILES string of the molecule is COc1cc(CNCc2cnnn2C)cc(OC)c1OC. The van der Waals surface area contributed by atoms with Gasteiger partial charge in [0.05, 0.1) is 33.2 Å². The highest BCUT2D eigenvalue weighted by molar-refractivity contribution is 5.53. The number of nitrogens with zero attached hydrogens (tertiary/aromatic N) is 3. The van der Waals surface area contributed by atoms with Crippen molar-refractivity contribution in [1.29, 1.82) is 0 Å². The number of aromatic nitrogens is 3. The quantitative estimate of drug-likeness (QED) is 0.825. The van der Waals surface area contributed by atoms with E-state index in [-0.39, 0.29) is 0 Å². The number of benzene rings is 1. The molecule has 0 aliphatic carbocycles. The molecule has 0 saturated heterocycles. The van der Waals surface area contributed by atoms with Crippen molar-refractivity contribution in [2.75, 3.05) is 21.3 Å². The molecule has 0 saturated carbocycles. The summed E-state index contributed by atoms with van der Waals surface area (Å²) < 4.78 is 17.7. The minimum atomic E-state index is 0.597. The first-order chi connectivity index (χ1) is 10.2. The minimum absolute atomic E-state index is 0.597. The zero-order chi connectivity index (χ0) is 15.2. The molecule has 1 aromatic heterocycles. The Labute approximate surface area is 123 Å². The minimum Gasteiger partial charge on any atom is -0.493 e. The van der Waals surface area contributed by atoms with E-state index in [2.05, 4.69) is 15.6 Å². The Balaban J connectivity index is 2.08. The van der Waals surface area contributed by atoms with Crippen molar-refractivity contribution in [3.8, 4) is 17.2 Å². The van der Waals surface area contributed by atoms with Crippen molar-refractivity contribution < 1.29 is 14.2 Å². The van der Waals surface area contributed by atoms with Gasteiger partial charge in [0, 0.05) is 20.1 Å². The maximum Gasteiger partial charge on any atom is 0.203 e. The second-order valence-corrected chi connectivity index (χ2v) is 4.49. The predicted octanol–water partition coefficient (Wildman–Crippen LogP) is 1.13. The Morgan fingerprint density at radius 2 is 1.71 bits per heavy atom. The van der Waals surface area contributed by atoms with Crippen molar-refractivity contribution in [3.63, 3.8) is 0 Å². The van der Waals surface area contributed by atoms with Gasteiger partial charge < -0.3 is 19.5 Å². The van der Waals surface area contributed by atoms with Crippen LogP contribution < -0.4 is 19.5 Å². The van der Waals surface area contributed by atoms with Crippen molar-refractivity contribution in [2.24, 2.45) is 7.05 Å². The molecule has 2 rings (SSSR count). The van der Waals surface area contributed by atoms with Gasteiger partial charge in [0.25, 0.3) is 0 Å². The van der Waals surface area contributed by atoms with Gasteiger partial charge in [-0.3, -0.25) is 4.68 Å². The van der Waals surface area contributed by atoms with Crippen LogP contribution in [0.5, 0.6) is 17.2 Å². The summed E-state index contributed by atoms with van der Waals surface area (Å²) in [5.74, 6) is 1.89.